The highest BCUT2D eigenvalue weighted by Crippen LogP contribution is 2.31. The fraction of sp³-hybridized carbons (Fsp3) is 0.579. The minimum atomic E-state index is -0.646. The summed E-state index contributed by atoms with van der Waals surface area (Å²) >= 11 is 0. The number of nitrogens with zero attached hydrogens (tertiary/aromatic N) is 5. The second-order valence-corrected chi connectivity index (χ2v) is 14.4. The van der Waals surface area contributed by atoms with Crippen LogP contribution >= 0.6 is 0 Å². The molecule has 0 radical (unpaired) electrons. The molecule has 3 aliphatic rings. The van der Waals surface area contributed by atoms with E-state index in [0.29, 0.717) is 39.1 Å². The molecule has 3 aromatic rings. The number of rotatable bonds is 11. The van der Waals surface area contributed by atoms with Crippen molar-refractivity contribution in [2.24, 2.45) is 18.9 Å². The summed E-state index contributed by atoms with van der Waals surface area (Å²) < 4.78 is 7.08. The lowest BCUT2D eigenvalue weighted by Crippen LogP contribution is -2.60. The molecule has 4 heterocycles. The standard InChI is InChI=1S/C38H53N7O4/c1-26-7-9-27(10-8-26)20-29-22-34(36(46)40-23-28-11-12-33-30(21-28)24-41-43(33)3)45(25-29)38(48)35-32(6-5-15-39-35)37(47)42(2)31-13-16-44(17-14-31)18-19-49-4/h7-12,21,24,29,31-32,34-35,39H,5-6,13-20,22-23,25H2,1-4H3,(H,40,46)/t29-,32+,34+,35-/m1/s1. The van der Waals surface area contributed by atoms with Gasteiger partial charge in [0.1, 0.15) is 6.04 Å². The van der Waals surface area contributed by atoms with Gasteiger partial charge in [0.15, 0.2) is 0 Å². The van der Waals surface area contributed by atoms with Crippen LogP contribution in [-0.4, -0.2) is 114 Å². The monoisotopic (exact) mass is 671 g/mol. The normalized spacial score (nSPS) is 23.6. The Hall–Kier alpha value is -3.80. The van der Waals surface area contributed by atoms with Crippen molar-refractivity contribution in [1.29, 1.82) is 0 Å². The third kappa shape index (κ3) is 8.16. The lowest BCUT2D eigenvalue weighted by atomic mass is 9.87. The summed E-state index contributed by atoms with van der Waals surface area (Å²) in [6.07, 6.45) is 6.52. The Morgan fingerprint density at radius 2 is 1.82 bits per heavy atom. The minimum Gasteiger partial charge on any atom is -0.383 e. The summed E-state index contributed by atoms with van der Waals surface area (Å²) in [5, 5.41) is 11.9. The van der Waals surface area contributed by atoms with E-state index in [4.69, 9.17) is 4.74 Å². The summed E-state index contributed by atoms with van der Waals surface area (Å²) in [5.41, 5.74) is 4.42. The number of ether oxygens (including phenoxy) is 1. The van der Waals surface area contributed by atoms with Crippen molar-refractivity contribution in [2.75, 3.05) is 53.5 Å². The van der Waals surface area contributed by atoms with Gasteiger partial charge in [0, 0.05) is 65.4 Å². The van der Waals surface area contributed by atoms with Gasteiger partial charge in [0.05, 0.1) is 30.3 Å². The van der Waals surface area contributed by atoms with E-state index in [-0.39, 0.29) is 29.7 Å². The summed E-state index contributed by atoms with van der Waals surface area (Å²) in [6, 6.07) is 13.5. The lowest BCUT2D eigenvalue weighted by molar-refractivity contribution is -0.148. The van der Waals surface area contributed by atoms with Crippen LogP contribution in [0.15, 0.2) is 48.7 Å². The van der Waals surface area contributed by atoms with Crippen molar-refractivity contribution < 1.29 is 19.1 Å². The molecule has 6 rings (SSSR count). The largest absolute Gasteiger partial charge is 0.383 e. The molecule has 49 heavy (non-hydrogen) atoms. The number of piperidine rings is 2. The van der Waals surface area contributed by atoms with Crippen LogP contribution in [0.2, 0.25) is 0 Å². The van der Waals surface area contributed by atoms with Gasteiger partial charge >= 0.3 is 0 Å². The molecule has 4 atom stereocenters. The Morgan fingerprint density at radius 3 is 2.57 bits per heavy atom. The van der Waals surface area contributed by atoms with Gasteiger partial charge in [0.2, 0.25) is 17.7 Å². The number of aryl methyl sites for hydroxylation is 2. The maximum Gasteiger partial charge on any atom is 0.243 e. The minimum absolute atomic E-state index is 0.0306. The van der Waals surface area contributed by atoms with Gasteiger partial charge in [0.25, 0.3) is 0 Å². The van der Waals surface area contributed by atoms with E-state index in [1.54, 1.807) is 12.0 Å². The average Bonchev–Trinajstić information content (AvgIpc) is 3.73. The maximum absolute atomic E-state index is 14.5. The topological polar surface area (TPSA) is 112 Å². The van der Waals surface area contributed by atoms with Crippen LogP contribution in [0, 0.1) is 18.8 Å². The van der Waals surface area contributed by atoms with Gasteiger partial charge in [-0.3, -0.25) is 19.1 Å². The zero-order valence-corrected chi connectivity index (χ0v) is 29.6. The first-order valence-corrected chi connectivity index (χ1v) is 18.0. The molecule has 264 valence electrons. The van der Waals surface area contributed by atoms with E-state index in [2.05, 4.69) is 51.8 Å². The zero-order chi connectivity index (χ0) is 34.5. The highest BCUT2D eigenvalue weighted by Gasteiger charge is 2.46. The van der Waals surface area contributed by atoms with Crippen LogP contribution < -0.4 is 10.6 Å². The smallest absolute Gasteiger partial charge is 0.243 e. The summed E-state index contributed by atoms with van der Waals surface area (Å²) in [4.78, 5) is 48.6. The van der Waals surface area contributed by atoms with Crippen LogP contribution in [0.1, 0.15) is 48.8 Å². The van der Waals surface area contributed by atoms with Gasteiger partial charge in [-0.25, -0.2) is 0 Å². The SMILES string of the molecule is COCCN1CCC(N(C)C(=O)[C@H]2CCCN[C@H]2C(=O)N2C[C@H](Cc3ccc(C)cc3)C[C@H]2C(=O)NCc2ccc3c(cnn3C)c2)CC1. The van der Waals surface area contributed by atoms with Crippen molar-refractivity contribution in [3.63, 3.8) is 0 Å². The number of amides is 3. The molecule has 2 N–H and O–H groups in total. The second-order valence-electron chi connectivity index (χ2n) is 14.4. The van der Waals surface area contributed by atoms with Crippen LogP contribution in [0.4, 0.5) is 0 Å². The molecular formula is C38H53N7O4. The highest BCUT2D eigenvalue weighted by molar-refractivity contribution is 5.94. The molecule has 3 aliphatic heterocycles. The first-order chi connectivity index (χ1) is 23.7. The number of hydrogen-bond donors (Lipinski definition) is 2. The first kappa shape index (κ1) is 35.0. The van der Waals surface area contributed by atoms with E-state index in [1.165, 1.54) is 11.1 Å². The maximum atomic E-state index is 14.5. The molecule has 2 aromatic carbocycles. The Labute approximate surface area is 290 Å². The molecule has 11 nitrogen and oxygen atoms in total. The van der Waals surface area contributed by atoms with Gasteiger partial charge < -0.3 is 30.1 Å². The van der Waals surface area contributed by atoms with E-state index in [9.17, 15) is 14.4 Å². The molecule has 3 saturated heterocycles. The molecule has 0 spiro atoms. The number of benzene rings is 2. The molecular weight excluding hydrogens is 618 g/mol. The Morgan fingerprint density at radius 1 is 1.06 bits per heavy atom. The molecule has 0 unspecified atom stereocenters. The summed E-state index contributed by atoms with van der Waals surface area (Å²) in [5.74, 6) is -0.573. The third-order valence-electron chi connectivity index (χ3n) is 11.0. The van der Waals surface area contributed by atoms with Crippen LogP contribution in [0.25, 0.3) is 10.9 Å². The predicted molar refractivity (Wildman–Crippen MR) is 190 cm³/mol. The van der Waals surface area contributed by atoms with Crippen molar-refractivity contribution in [1.82, 2.24) is 35.1 Å². The number of hydrogen-bond acceptors (Lipinski definition) is 7. The summed E-state index contributed by atoms with van der Waals surface area (Å²) in [7, 11) is 5.54. The Balaban J connectivity index is 1.15. The van der Waals surface area contributed by atoms with Crippen LogP contribution in [-0.2, 0) is 39.1 Å². The fourth-order valence-electron chi connectivity index (χ4n) is 8.04. The van der Waals surface area contributed by atoms with Crippen molar-refractivity contribution in [3.05, 3.63) is 65.4 Å². The third-order valence-corrected chi connectivity index (χ3v) is 11.0. The van der Waals surface area contributed by atoms with Crippen molar-refractivity contribution in [3.8, 4) is 0 Å². The number of carbonyl (C=O) groups excluding carboxylic acids is 3. The first-order valence-electron chi connectivity index (χ1n) is 18.0. The van der Waals surface area contributed by atoms with E-state index in [1.807, 2.05) is 48.1 Å². The molecule has 0 bridgehead atoms. The number of aromatic nitrogens is 2. The number of nitrogens with one attached hydrogen (secondary N) is 2. The highest BCUT2D eigenvalue weighted by atomic mass is 16.5. The van der Waals surface area contributed by atoms with Crippen LogP contribution in [0.5, 0.6) is 0 Å². The fourth-order valence-corrected chi connectivity index (χ4v) is 8.04. The van der Waals surface area contributed by atoms with Gasteiger partial charge in [-0.15, -0.1) is 0 Å². The number of methoxy groups -OCH3 is 1. The van der Waals surface area contributed by atoms with Gasteiger partial charge in [-0.2, -0.15) is 5.10 Å². The molecule has 11 heteroatoms. The second kappa shape index (κ2) is 15.8. The molecule has 1 aromatic heterocycles. The lowest BCUT2D eigenvalue weighted by Gasteiger charge is -2.41. The molecule has 0 aliphatic carbocycles. The number of likely N-dealkylation sites (tertiary alicyclic amines) is 2. The Kier molecular flexibility index (Phi) is 11.3. The van der Waals surface area contributed by atoms with Gasteiger partial charge in [-0.05, 0) is 81.2 Å². The van der Waals surface area contributed by atoms with Crippen LogP contribution in [0.3, 0.4) is 0 Å². The quantitative estimate of drug-likeness (QED) is 0.323. The van der Waals surface area contributed by atoms with E-state index in [0.717, 1.165) is 61.8 Å². The average molecular weight is 672 g/mol. The van der Waals surface area contributed by atoms with Crippen molar-refractivity contribution >= 4 is 28.6 Å². The van der Waals surface area contributed by atoms with Gasteiger partial charge in [-0.1, -0.05) is 35.9 Å². The summed E-state index contributed by atoms with van der Waals surface area (Å²) in [6.45, 7) is 7.07. The van der Waals surface area contributed by atoms with E-state index >= 15 is 0 Å². The number of fused-ring (bicyclic) bond motifs is 1. The number of carbonyl (C=O) groups is 3. The predicted octanol–water partition coefficient (Wildman–Crippen LogP) is 2.90. The zero-order valence-electron chi connectivity index (χ0n) is 29.6. The molecule has 0 saturated carbocycles. The molecule has 3 fully saturated rings. The van der Waals surface area contributed by atoms with Crippen molar-refractivity contribution in [2.45, 2.75) is 70.1 Å². The molecule has 3 amide bonds. The van der Waals surface area contributed by atoms with E-state index < -0.39 is 18.0 Å². The Bertz CT molecular complexity index is 1600.